The van der Waals surface area contributed by atoms with E-state index in [1.54, 1.807) is 35.0 Å². The topological polar surface area (TPSA) is 85.9 Å². The fourth-order valence-electron chi connectivity index (χ4n) is 2.06. The summed E-state index contributed by atoms with van der Waals surface area (Å²) < 4.78 is 15.5. The van der Waals surface area contributed by atoms with Crippen molar-refractivity contribution in [1.29, 1.82) is 0 Å². The summed E-state index contributed by atoms with van der Waals surface area (Å²) in [6.07, 6.45) is 0.349. The molecule has 0 aliphatic heterocycles. The number of benzene rings is 1. The van der Waals surface area contributed by atoms with E-state index in [4.69, 9.17) is 14.2 Å². The lowest BCUT2D eigenvalue weighted by molar-refractivity contribution is -0.120. The Morgan fingerprint density at radius 3 is 2.28 bits per heavy atom. The van der Waals surface area contributed by atoms with Crippen molar-refractivity contribution in [2.24, 2.45) is 0 Å². The average molecular weight is 352 g/mol. The lowest BCUT2D eigenvalue weighted by atomic mass is 10.1. The van der Waals surface area contributed by atoms with E-state index in [-0.39, 0.29) is 18.9 Å². The van der Waals surface area contributed by atoms with Crippen LogP contribution in [0.1, 0.15) is 32.8 Å². The van der Waals surface area contributed by atoms with Crippen molar-refractivity contribution in [3.05, 3.63) is 23.8 Å². The van der Waals surface area contributed by atoms with E-state index < -0.39 is 11.7 Å². The van der Waals surface area contributed by atoms with Gasteiger partial charge in [-0.25, -0.2) is 4.79 Å². The molecule has 0 radical (unpaired) electrons. The van der Waals surface area contributed by atoms with Gasteiger partial charge in [-0.15, -0.1) is 0 Å². The van der Waals surface area contributed by atoms with Gasteiger partial charge in [-0.2, -0.15) is 0 Å². The standard InChI is InChI=1S/C18H28N2O5/c1-18(2,3)25-17(22)20-11-9-16(21)19-10-8-13-6-7-14(23-4)15(12-13)24-5/h6-7,12H,8-11H2,1-5H3,(H,19,21)(H,20,22). The molecule has 0 atom stereocenters. The number of nitrogens with one attached hydrogen (secondary N) is 2. The zero-order chi connectivity index (χ0) is 18.9. The van der Waals surface area contributed by atoms with Crippen molar-refractivity contribution in [2.45, 2.75) is 39.2 Å². The molecule has 0 unspecified atom stereocenters. The maximum absolute atomic E-state index is 11.8. The SMILES string of the molecule is COc1ccc(CCNC(=O)CCNC(=O)OC(C)(C)C)cc1OC. The van der Waals surface area contributed by atoms with Crippen LogP contribution in [0.25, 0.3) is 0 Å². The summed E-state index contributed by atoms with van der Waals surface area (Å²) >= 11 is 0. The van der Waals surface area contributed by atoms with Crippen molar-refractivity contribution < 1.29 is 23.8 Å². The third-order valence-corrected chi connectivity index (χ3v) is 3.20. The summed E-state index contributed by atoms with van der Waals surface area (Å²) in [5.41, 5.74) is 0.482. The first-order chi connectivity index (χ1) is 11.7. The molecule has 0 spiro atoms. The lowest BCUT2D eigenvalue weighted by Crippen LogP contribution is -2.35. The largest absolute Gasteiger partial charge is 0.493 e. The van der Waals surface area contributed by atoms with Crippen LogP contribution in [0.3, 0.4) is 0 Å². The first kappa shape index (κ1) is 20.6. The average Bonchev–Trinajstić information content (AvgIpc) is 2.53. The van der Waals surface area contributed by atoms with Gasteiger partial charge >= 0.3 is 6.09 Å². The number of carbonyl (C=O) groups is 2. The van der Waals surface area contributed by atoms with E-state index in [1.165, 1.54) is 0 Å². The fraction of sp³-hybridized carbons (Fsp3) is 0.556. The van der Waals surface area contributed by atoms with Gasteiger partial charge in [0.2, 0.25) is 5.91 Å². The van der Waals surface area contributed by atoms with Gasteiger partial charge in [0.05, 0.1) is 14.2 Å². The van der Waals surface area contributed by atoms with Gasteiger partial charge in [-0.05, 0) is 44.9 Å². The Morgan fingerprint density at radius 2 is 1.68 bits per heavy atom. The van der Waals surface area contributed by atoms with Gasteiger partial charge in [0.1, 0.15) is 5.60 Å². The van der Waals surface area contributed by atoms with Gasteiger partial charge in [0.25, 0.3) is 0 Å². The number of amides is 2. The fourth-order valence-corrected chi connectivity index (χ4v) is 2.06. The molecule has 7 heteroatoms. The summed E-state index contributed by atoms with van der Waals surface area (Å²) in [5.74, 6) is 1.20. The molecule has 0 aliphatic carbocycles. The Labute approximate surface area is 149 Å². The summed E-state index contributed by atoms with van der Waals surface area (Å²) in [5, 5.41) is 5.37. The zero-order valence-electron chi connectivity index (χ0n) is 15.6. The highest BCUT2D eigenvalue weighted by Crippen LogP contribution is 2.27. The molecule has 0 aromatic heterocycles. The minimum Gasteiger partial charge on any atom is -0.493 e. The van der Waals surface area contributed by atoms with Crippen LogP contribution in [0.15, 0.2) is 18.2 Å². The first-order valence-electron chi connectivity index (χ1n) is 8.19. The van der Waals surface area contributed by atoms with Gasteiger partial charge in [-0.3, -0.25) is 4.79 Å². The Bertz CT molecular complexity index is 581. The first-order valence-corrected chi connectivity index (χ1v) is 8.19. The molecule has 0 bridgehead atoms. The molecular weight excluding hydrogens is 324 g/mol. The highest BCUT2D eigenvalue weighted by Gasteiger charge is 2.15. The third kappa shape index (κ3) is 8.28. The van der Waals surface area contributed by atoms with E-state index in [9.17, 15) is 9.59 Å². The molecule has 7 nitrogen and oxygen atoms in total. The van der Waals surface area contributed by atoms with E-state index in [2.05, 4.69) is 10.6 Å². The Hall–Kier alpha value is -2.44. The molecule has 1 aromatic carbocycles. The Morgan fingerprint density at radius 1 is 1.00 bits per heavy atom. The van der Waals surface area contributed by atoms with E-state index in [0.717, 1.165) is 5.56 Å². The second-order valence-corrected chi connectivity index (χ2v) is 6.47. The monoisotopic (exact) mass is 352 g/mol. The molecule has 25 heavy (non-hydrogen) atoms. The normalized spacial score (nSPS) is 10.8. The van der Waals surface area contributed by atoms with Crippen molar-refractivity contribution in [3.63, 3.8) is 0 Å². The number of methoxy groups -OCH3 is 2. The zero-order valence-corrected chi connectivity index (χ0v) is 15.6. The quantitative estimate of drug-likeness (QED) is 0.750. The van der Waals surface area contributed by atoms with Crippen LogP contribution < -0.4 is 20.1 Å². The second kappa shape index (κ2) is 9.76. The molecule has 0 heterocycles. The summed E-state index contributed by atoms with van der Waals surface area (Å²) in [7, 11) is 3.17. The van der Waals surface area contributed by atoms with Crippen LogP contribution in [0.2, 0.25) is 0 Å². The maximum Gasteiger partial charge on any atom is 0.407 e. The molecule has 0 fully saturated rings. The van der Waals surface area contributed by atoms with Crippen LogP contribution >= 0.6 is 0 Å². The second-order valence-electron chi connectivity index (χ2n) is 6.47. The predicted octanol–water partition coefficient (Wildman–Crippen LogP) is 2.28. The maximum atomic E-state index is 11.8. The van der Waals surface area contributed by atoms with Crippen LogP contribution in [0.5, 0.6) is 11.5 Å². The number of carbonyl (C=O) groups excluding carboxylic acids is 2. The van der Waals surface area contributed by atoms with Gasteiger partial charge in [0, 0.05) is 19.5 Å². The van der Waals surface area contributed by atoms with E-state index >= 15 is 0 Å². The summed E-state index contributed by atoms with van der Waals surface area (Å²) in [6, 6.07) is 5.65. The van der Waals surface area contributed by atoms with E-state index in [0.29, 0.717) is 24.5 Å². The smallest absolute Gasteiger partial charge is 0.407 e. The minimum atomic E-state index is -0.550. The minimum absolute atomic E-state index is 0.128. The molecule has 0 aliphatic rings. The van der Waals surface area contributed by atoms with Crippen LogP contribution in [0.4, 0.5) is 4.79 Å². The van der Waals surface area contributed by atoms with Crippen LogP contribution in [-0.4, -0.2) is 44.9 Å². The lowest BCUT2D eigenvalue weighted by Gasteiger charge is -2.19. The van der Waals surface area contributed by atoms with Gasteiger partial charge in [-0.1, -0.05) is 6.07 Å². The van der Waals surface area contributed by atoms with Crippen LogP contribution in [-0.2, 0) is 16.0 Å². The predicted molar refractivity (Wildman–Crippen MR) is 95.1 cm³/mol. The molecule has 1 aromatic rings. The summed E-state index contributed by atoms with van der Waals surface area (Å²) in [6.45, 7) is 6.09. The molecule has 0 saturated heterocycles. The van der Waals surface area contributed by atoms with Crippen molar-refractivity contribution in [1.82, 2.24) is 10.6 Å². The van der Waals surface area contributed by atoms with Gasteiger partial charge in [0.15, 0.2) is 11.5 Å². The number of hydrogen-bond acceptors (Lipinski definition) is 5. The van der Waals surface area contributed by atoms with Crippen LogP contribution in [0, 0.1) is 0 Å². The molecule has 1 rings (SSSR count). The highest BCUT2D eigenvalue weighted by molar-refractivity contribution is 5.77. The number of ether oxygens (including phenoxy) is 3. The third-order valence-electron chi connectivity index (χ3n) is 3.20. The molecular formula is C18H28N2O5. The van der Waals surface area contributed by atoms with Crippen molar-refractivity contribution >= 4 is 12.0 Å². The molecule has 140 valence electrons. The van der Waals surface area contributed by atoms with Gasteiger partial charge < -0.3 is 24.8 Å². The Kier molecular flexibility index (Phi) is 8.04. The summed E-state index contributed by atoms with van der Waals surface area (Å²) in [4.78, 5) is 23.2. The van der Waals surface area contributed by atoms with Crippen molar-refractivity contribution in [2.75, 3.05) is 27.3 Å². The number of hydrogen-bond donors (Lipinski definition) is 2. The number of alkyl carbamates (subject to hydrolysis) is 1. The molecule has 2 amide bonds. The number of rotatable bonds is 8. The molecule has 2 N–H and O–H groups in total. The van der Waals surface area contributed by atoms with Crippen molar-refractivity contribution in [3.8, 4) is 11.5 Å². The highest BCUT2D eigenvalue weighted by atomic mass is 16.6. The van der Waals surface area contributed by atoms with E-state index in [1.807, 2.05) is 18.2 Å². The molecule has 0 saturated carbocycles. The Balaban J connectivity index is 2.28.